The van der Waals surface area contributed by atoms with Crippen molar-refractivity contribution in [3.8, 4) is 0 Å². The van der Waals surface area contributed by atoms with Crippen LogP contribution in [-0.2, 0) is 4.74 Å². The maximum Gasteiger partial charge on any atom is 0.157 e. The van der Waals surface area contributed by atoms with Crippen LogP contribution in [0.25, 0.3) is 0 Å². The van der Waals surface area contributed by atoms with Crippen LogP contribution >= 0.6 is 11.8 Å². The summed E-state index contributed by atoms with van der Waals surface area (Å²) in [6.07, 6.45) is 5.67. The molecule has 0 saturated carbocycles. The Morgan fingerprint density at radius 2 is 2.58 bits per heavy atom. The summed E-state index contributed by atoms with van der Waals surface area (Å²) in [6, 6.07) is 0. The van der Waals surface area contributed by atoms with Crippen molar-refractivity contribution in [2.75, 3.05) is 13.2 Å². The van der Waals surface area contributed by atoms with Gasteiger partial charge >= 0.3 is 0 Å². The van der Waals surface area contributed by atoms with E-state index in [0.717, 1.165) is 18.2 Å². The second-order valence-electron chi connectivity index (χ2n) is 2.46. The molecule has 1 saturated heterocycles. The van der Waals surface area contributed by atoms with Gasteiger partial charge in [0, 0.05) is 12.7 Å². The predicted molar refractivity (Wildman–Crippen MR) is 51.0 cm³/mol. The van der Waals surface area contributed by atoms with Crippen molar-refractivity contribution in [3.05, 3.63) is 23.8 Å². The molecular weight excluding hydrogens is 172 g/mol. The lowest BCUT2D eigenvalue weighted by Gasteiger charge is -2.09. The second-order valence-corrected chi connectivity index (χ2v) is 3.39. The lowest BCUT2D eigenvalue weighted by atomic mass is 10.6. The van der Waals surface area contributed by atoms with Crippen LogP contribution in [0.2, 0.25) is 0 Å². The van der Waals surface area contributed by atoms with E-state index in [9.17, 15) is 0 Å². The molecular formula is C8H10N2OS. The van der Waals surface area contributed by atoms with Crippen LogP contribution in [0.5, 0.6) is 0 Å². The molecule has 0 aromatic heterocycles. The normalized spacial score (nSPS) is 28.7. The third-order valence-electron chi connectivity index (χ3n) is 1.61. The Morgan fingerprint density at radius 1 is 1.58 bits per heavy atom. The van der Waals surface area contributed by atoms with Gasteiger partial charge in [0.2, 0.25) is 0 Å². The van der Waals surface area contributed by atoms with Crippen LogP contribution in [0.3, 0.4) is 0 Å². The van der Waals surface area contributed by atoms with Crippen LogP contribution in [0.15, 0.2) is 28.8 Å². The molecule has 2 rings (SSSR count). The predicted octanol–water partition coefficient (Wildman–Crippen LogP) is 1.10. The van der Waals surface area contributed by atoms with Crippen molar-refractivity contribution in [3.63, 3.8) is 0 Å². The molecule has 2 aliphatic heterocycles. The Hall–Kier alpha value is -0.580. The molecule has 64 valence electrons. The molecule has 3 nitrogen and oxygen atoms in total. The lowest BCUT2D eigenvalue weighted by molar-refractivity contribution is 0.154. The highest BCUT2D eigenvalue weighted by Gasteiger charge is 2.20. The molecule has 0 amide bonds. The molecule has 0 aromatic carbocycles. The lowest BCUT2D eigenvalue weighted by Crippen LogP contribution is -2.29. The standard InChI is InChI=1S/C8H10N2OS/c1-2-6-12-8(10-3-1)7-9-4-5-11-7/h1-3,6-7,9H,4-5H2. The highest BCUT2D eigenvalue weighted by Crippen LogP contribution is 2.15. The SMILES string of the molecule is C1=CN=C(C2NCCO2)SC=C1. The van der Waals surface area contributed by atoms with E-state index in [2.05, 4.69) is 10.3 Å². The summed E-state index contributed by atoms with van der Waals surface area (Å²) in [7, 11) is 0. The van der Waals surface area contributed by atoms with E-state index in [4.69, 9.17) is 4.74 Å². The van der Waals surface area contributed by atoms with Crippen LogP contribution in [0.1, 0.15) is 0 Å². The van der Waals surface area contributed by atoms with Gasteiger partial charge in [0.05, 0.1) is 6.61 Å². The van der Waals surface area contributed by atoms with Crippen LogP contribution in [0.4, 0.5) is 0 Å². The summed E-state index contributed by atoms with van der Waals surface area (Å²) in [5.74, 6) is 0. The third-order valence-corrected chi connectivity index (χ3v) is 2.46. The summed E-state index contributed by atoms with van der Waals surface area (Å²) in [6.45, 7) is 1.69. The van der Waals surface area contributed by atoms with E-state index in [0.29, 0.717) is 0 Å². The zero-order valence-corrected chi connectivity index (χ0v) is 7.38. The third kappa shape index (κ3) is 1.77. The number of hydrogen-bond donors (Lipinski definition) is 1. The maximum absolute atomic E-state index is 5.42. The molecule has 0 radical (unpaired) electrons. The maximum atomic E-state index is 5.42. The number of aliphatic imine (C=N–C) groups is 1. The number of nitrogens with one attached hydrogen (secondary N) is 1. The fourth-order valence-electron chi connectivity index (χ4n) is 1.06. The Balaban J connectivity index is 2.06. The number of nitrogens with zero attached hydrogens (tertiary/aromatic N) is 1. The summed E-state index contributed by atoms with van der Waals surface area (Å²) in [4.78, 5) is 4.25. The van der Waals surface area contributed by atoms with Gasteiger partial charge in [-0.2, -0.15) is 0 Å². The molecule has 1 unspecified atom stereocenters. The van der Waals surface area contributed by atoms with E-state index in [1.807, 2.05) is 17.6 Å². The second kappa shape index (κ2) is 3.89. The highest BCUT2D eigenvalue weighted by atomic mass is 32.2. The first-order chi connectivity index (χ1) is 5.97. The topological polar surface area (TPSA) is 33.6 Å². The minimum Gasteiger partial charge on any atom is -0.356 e. The molecule has 12 heavy (non-hydrogen) atoms. The zero-order valence-electron chi connectivity index (χ0n) is 6.56. The van der Waals surface area contributed by atoms with Crippen LogP contribution < -0.4 is 5.32 Å². The highest BCUT2D eigenvalue weighted by molar-refractivity contribution is 8.16. The van der Waals surface area contributed by atoms with E-state index in [-0.39, 0.29) is 6.23 Å². The summed E-state index contributed by atoms with van der Waals surface area (Å²) in [5, 5.41) is 6.20. The van der Waals surface area contributed by atoms with E-state index in [1.165, 1.54) is 0 Å². The quantitative estimate of drug-likeness (QED) is 0.659. The smallest absolute Gasteiger partial charge is 0.157 e. The molecule has 2 heterocycles. The van der Waals surface area contributed by atoms with Crippen LogP contribution in [0, 0.1) is 0 Å². The Labute approximate surface area is 75.6 Å². The van der Waals surface area contributed by atoms with Crippen molar-refractivity contribution in [2.45, 2.75) is 6.23 Å². The van der Waals surface area contributed by atoms with Gasteiger partial charge in [-0.05, 0) is 11.5 Å². The van der Waals surface area contributed by atoms with Gasteiger partial charge in [-0.3, -0.25) is 5.32 Å². The molecule has 2 aliphatic rings. The Morgan fingerprint density at radius 3 is 3.42 bits per heavy atom. The Bertz CT molecular complexity index is 241. The molecule has 0 aliphatic carbocycles. The molecule has 1 N–H and O–H groups in total. The van der Waals surface area contributed by atoms with E-state index >= 15 is 0 Å². The molecule has 1 atom stereocenters. The number of ether oxygens (including phenoxy) is 1. The van der Waals surface area contributed by atoms with Crippen molar-refractivity contribution >= 4 is 16.8 Å². The van der Waals surface area contributed by atoms with E-state index in [1.54, 1.807) is 18.0 Å². The van der Waals surface area contributed by atoms with Gasteiger partial charge < -0.3 is 4.74 Å². The van der Waals surface area contributed by atoms with Crippen molar-refractivity contribution in [1.82, 2.24) is 5.32 Å². The van der Waals surface area contributed by atoms with Gasteiger partial charge in [-0.1, -0.05) is 17.8 Å². The molecule has 0 spiro atoms. The average Bonchev–Trinajstić information content (AvgIpc) is 2.48. The minimum absolute atomic E-state index is 0.00222. The van der Waals surface area contributed by atoms with Gasteiger partial charge in [-0.25, -0.2) is 4.99 Å². The van der Waals surface area contributed by atoms with E-state index < -0.39 is 0 Å². The summed E-state index contributed by atoms with van der Waals surface area (Å²) in [5.41, 5.74) is 0. The molecule has 4 heteroatoms. The first kappa shape index (κ1) is 8.04. The molecule has 0 aromatic rings. The fraction of sp³-hybridized carbons (Fsp3) is 0.375. The van der Waals surface area contributed by atoms with Crippen molar-refractivity contribution in [1.29, 1.82) is 0 Å². The van der Waals surface area contributed by atoms with Gasteiger partial charge in [-0.15, -0.1) is 0 Å². The number of hydrogen-bond acceptors (Lipinski definition) is 4. The number of rotatable bonds is 1. The first-order valence-electron chi connectivity index (χ1n) is 3.88. The summed E-state index contributed by atoms with van der Waals surface area (Å²) < 4.78 is 5.42. The van der Waals surface area contributed by atoms with Crippen LogP contribution in [-0.4, -0.2) is 24.4 Å². The largest absolute Gasteiger partial charge is 0.356 e. The zero-order chi connectivity index (χ0) is 8.23. The number of thioether (sulfide) groups is 1. The van der Waals surface area contributed by atoms with Gasteiger partial charge in [0.15, 0.2) is 6.23 Å². The average molecular weight is 182 g/mol. The van der Waals surface area contributed by atoms with Gasteiger partial charge in [0.1, 0.15) is 5.04 Å². The monoisotopic (exact) mass is 182 g/mol. The summed E-state index contributed by atoms with van der Waals surface area (Å²) >= 11 is 1.60. The van der Waals surface area contributed by atoms with Gasteiger partial charge in [0.25, 0.3) is 0 Å². The molecule has 1 fully saturated rings. The minimum atomic E-state index is 0.00222. The van der Waals surface area contributed by atoms with Crippen molar-refractivity contribution in [2.24, 2.45) is 4.99 Å². The molecule has 0 bridgehead atoms. The number of allylic oxidation sites excluding steroid dienone is 2. The fourth-order valence-corrected chi connectivity index (χ4v) is 1.77. The Kier molecular flexibility index (Phi) is 2.60. The van der Waals surface area contributed by atoms with Crippen molar-refractivity contribution < 1.29 is 4.74 Å². The first-order valence-corrected chi connectivity index (χ1v) is 4.76.